The molecule has 2 heterocycles. The van der Waals surface area contributed by atoms with Gasteiger partial charge in [0.2, 0.25) is 0 Å². The Morgan fingerprint density at radius 3 is 1.51 bits per heavy atom. The van der Waals surface area contributed by atoms with Gasteiger partial charge in [-0.1, -0.05) is 225 Å². The maximum atomic E-state index is 2.58. The number of fused-ring (bicyclic) bond motifs is 6. The molecule has 2 aromatic heterocycles. The van der Waals surface area contributed by atoms with E-state index in [2.05, 4.69) is 290 Å². The lowest BCUT2D eigenvalue weighted by atomic mass is 9.73. The molecular formula is C68H54N2Si. The van der Waals surface area contributed by atoms with E-state index in [1.165, 1.54) is 92.2 Å². The summed E-state index contributed by atoms with van der Waals surface area (Å²) in [7, 11) is -2.67. The molecule has 340 valence electrons. The van der Waals surface area contributed by atoms with E-state index in [9.17, 15) is 0 Å². The highest BCUT2D eigenvalue weighted by Crippen LogP contribution is 2.45. The van der Waals surface area contributed by atoms with Gasteiger partial charge in [-0.3, -0.25) is 0 Å². The van der Waals surface area contributed by atoms with Gasteiger partial charge in [-0.2, -0.15) is 0 Å². The molecule has 2 aliphatic rings. The van der Waals surface area contributed by atoms with Crippen LogP contribution in [-0.2, 0) is 5.54 Å². The molecule has 0 aliphatic heterocycles. The predicted molar refractivity (Wildman–Crippen MR) is 305 cm³/mol. The first kappa shape index (κ1) is 42.8. The lowest BCUT2D eigenvalue weighted by Crippen LogP contribution is -2.74. The topological polar surface area (TPSA) is 9.86 Å². The van der Waals surface area contributed by atoms with E-state index in [-0.39, 0.29) is 11.0 Å². The lowest BCUT2D eigenvalue weighted by molar-refractivity contribution is 0.424. The van der Waals surface area contributed by atoms with E-state index in [0.717, 1.165) is 18.5 Å². The highest BCUT2D eigenvalue weighted by atomic mass is 28.3. The molecule has 0 saturated carbocycles. The van der Waals surface area contributed by atoms with Crippen molar-refractivity contribution < 1.29 is 0 Å². The van der Waals surface area contributed by atoms with Crippen LogP contribution in [0, 0.1) is 5.41 Å². The average Bonchev–Trinajstić information content (AvgIpc) is 3.95. The molecule has 0 amide bonds. The Kier molecular flexibility index (Phi) is 10.3. The Morgan fingerprint density at radius 2 is 0.901 bits per heavy atom. The van der Waals surface area contributed by atoms with Crippen LogP contribution in [0.1, 0.15) is 26.7 Å². The van der Waals surface area contributed by atoms with Crippen LogP contribution in [0.2, 0.25) is 0 Å². The summed E-state index contributed by atoms with van der Waals surface area (Å²) in [5, 5.41) is 10.6. The van der Waals surface area contributed by atoms with Gasteiger partial charge in [0.1, 0.15) is 0 Å². The second-order valence-corrected chi connectivity index (χ2v) is 23.9. The molecule has 71 heavy (non-hydrogen) atoms. The number of hydrogen-bond donors (Lipinski definition) is 0. The molecule has 0 spiro atoms. The molecule has 2 aliphatic carbocycles. The highest BCUT2D eigenvalue weighted by Gasteiger charge is 2.41. The van der Waals surface area contributed by atoms with E-state index in [1.807, 2.05) is 0 Å². The summed E-state index contributed by atoms with van der Waals surface area (Å²) in [6.07, 6.45) is 18.3. The summed E-state index contributed by atoms with van der Waals surface area (Å²) in [4.78, 5) is 0. The van der Waals surface area contributed by atoms with Crippen molar-refractivity contribution in [2.24, 2.45) is 5.41 Å². The third-order valence-corrected chi connectivity index (χ3v) is 20.6. The molecule has 0 bridgehead atoms. The molecule has 3 heteroatoms. The fraction of sp³-hybridized carbons (Fsp3) is 0.0882. The average molecular weight is 927 g/mol. The zero-order valence-electron chi connectivity index (χ0n) is 40.2. The van der Waals surface area contributed by atoms with Gasteiger partial charge < -0.3 is 9.13 Å². The van der Waals surface area contributed by atoms with Crippen LogP contribution in [0.15, 0.2) is 273 Å². The zero-order valence-corrected chi connectivity index (χ0v) is 41.2. The minimum absolute atomic E-state index is 0.0409. The second kappa shape index (κ2) is 17.0. The predicted octanol–water partition coefficient (Wildman–Crippen LogP) is 14.7. The summed E-state index contributed by atoms with van der Waals surface area (Å²) >= 11 is 0. The van der Waals surface area contributed by atoms with Crippen LogP contribution in [-0.4, -0.2) is 17.2 Å². The van der Waals surface area contributed by atoms with E-state index in [4.69, 9.17) is 0 Å². The van der Waals surface area contributed by atoms with Crippen molar-refractivity contribution in [3.63, 3.8) is 0 Å². The SMILES string of the molecule is CC1(C2=CCC(C)(n3c4ccccc4c4cc(-c5ccc6c(c5)c5ccccc5n6-c5ccc(-c6cccc([Si](c7ccccc7)(c7ccccc7)c7ccccc7)c6)cc5)ccc43)C=C2)C=CC=CC1. The maximum Gasteiger partial charge on any atom is 0.179 e. The first-order chi connectivity index (χ1) is 34.9. The Labute approximate surface area is 417 Å². The van der Waals surface area contributed by atoms with Crippen LogP contribution in [0.5, 0.6) is 0 Å². The van der Waals surface area contributed by atoms with Crippen molar-refractivity contribution in [1.82, 2.24) is 9.13 Å². The number of nitrogens with zero attached hydrogens (tertiary/aromatic N) is 2. The van der Waals surface area contributed by atoms with Crippen LogP contribution >= 0.6 is 0 Å². The lowest BCUT2D eigenvalue weighted by Gasteiger charge is -2.36. The molecule has 0 saturated heterocycles. The summed E-state index contributed by atoms with van der Waals surface area (Å²) in [5.41, 5.74) is 12.2. The molecule has 9 aromatic carbocycles. The minimum atomic E-state index is -2.67. The summed E-state index contributed by atoms with van der Waals surface area (Å²) in [5.74, 6) is 0. The maximum absolute atomic E-state index is 2.67. The number of para-hydroxylation sites is 2. The Balaban J connectivity index is 0.865. The molecule has 0 N–H and O–H groups in total. The number of allylic oxidation sites excluding steroid dienone is 8. The van der Waals surface area contributed by atoms with Gasteiger partial charge in [-0.15, -0.1) is 0 Å². The second-order valence-electron chi connectivity index (χ2n) is 20.1. The van der Waals surface area contributed by atoms with Gasteiger partial charge in [0.15, 0.2) is 8.07 Å². The number of hydrogen-bond acceptors (Lipinski definition) is 0. The van der Waals surface area contributed by atoms with E-state index in [0.29, 0.717) is 0 Å². The normalized spacial score (nSPS) is 17.9. The highest BCUT2D eigenvalue weighted by molar-refractivity contribution is 7.19. The van der Waals surface area contributed by atoms with Crippen molar-refractivity contribution >= 4 is 72.4 Å². The van der Waals surface area contributed by atoms with Crippen LogP contribution in [0.4, 0.5) is 0 Å². The third kappa shape index (κ3) is 6.98. The molecule has 2 atom stereocenters. The zero-order chi connectivity index (χ0) is 47.6. The first-order valence-corrected chi connectivity index (χ1v) is 27.1. The fourth-order valence-electron chi connectivity index (χ4n) is 12.2. The van der Waals surface area contributed by atoms with Crippen molar-refractivity contribution in [3.05, 3.63) is 273 Å². The van der Waals surface area contributed by atoms with Gasteiger partial charge in [-0.05, 0) is 117 Å². The Hall–Kier alpha value is -8.24. The molecule has 0 radical (unpaired) electrons. The fourth-order valence-corrected chi connectivity index (χ4v) is 17.0. The Bertz CT molecular complexity index is 3850. The van der Waals surface area contributed by atoms with Crippen molar-refractivity contribution in [1.29, 1.82) is 0 Å². The van der Waals surface area contributed by atoms with Crippen molar-refractivity contribution in [3.8, 4) is 27.9 Å². The molecule has 2 unspecified atom stereocenters. The van der Waals surface area contributed by atoms with Gasteiger partial charge in [-0.25, -0.2) is 0 Å². The molecule has 2 nitrogen and oxygen atoms in total. The summed E-state index contributed by atoms with van der Waals surface area (Å²) < 4.78 is 5.02. The Morgan fingerprint density at radius 1 is 0.394 bits per heavy atom. The first-order valence-electron chi connectivity index (χ1n) is 25.1. The summed E-state index contributed by atoms with van der Waals surface area (Å²) in [6, 6.07) is 84.0. The number of rotatable bonds is 9. The third-order valence-electron chi connectivity index (χ3n) is 15.8. The van der Waals surface area contributed by atoms with E-state index >= 15 is 0 Å². The number of aromatic nitrogens is 2. The largest absolute Gasteiger partial charge is 0.331 e. The standard InChI is InChI=1S/C68H54N2Si/c1-67(42-17-6-18-43-67)53-40-44-68(2,45-41-53)70-65-31-16-14-29-60(65)62-48-52(35-39-66(62)70)51-34-38-64-61(47-51)59-28-13-15-30-63(59)69(64)54-36-32-49(33-37-54)50-20-19-27-58(46-50)71(55-21-7-3-8-22-55,56-23-9-4-10-24-56)57-25-11-5-12-26-57/h3-42,44,46-48H,43,45H2,1-2H3. The minimum Gasteiger partial charge on any atom is -0.331 e. The van der Waals surface area contributed by atoms with Gasteiger partial charge >= 0.3 is 0 Å². The van der Waals surface area contributed by atoms with E-state index < -0.39 is 8.07 Å². The van der Waals surface area contributed by atoms with Crippen LogP contribution in [0.3, 0.4) is 0 Å². The van der Waals surface area contributed by atoms with Gasteiger partial charge in [0.05, 0.1) is 16.6 Å². The van der Waals surface area contributed by atoms with Gasteiger partial charge in [0.25, 0.3) is 0 Å². The monoisotopic (exact) mass is 926 g/mol. The molecule has 0 fully saturated rings. The van der Waals surface area contributed by atoms with Crippen molar-refractivity contribution in [2.45, 2.75) is 32.2 Å². The number of benzene rings is 9. The molecule has 13 rings (SSSR count). The molecular weight excluding hydrogens is 873 g/mol. The van der Waals surface area contributed by atoms with Gasteiger partial charge in [0, 0.05) is 43.7 Å². The van der Waals surface area contributed by atoms with Crippen LogP contribution < -0.4 is 20.7 Å². The smallest absolute Gasteiger partial charge is 0.179 e. The summed E-state index contributed by atoms with van der Waals surface area (Å²) in [6.45, 7) is 4.75. The van der Waals surface area contributed by atoms with E-state index in [1.54, 1.807) is 0 Å². The van der Waals surface area contributed by atoms with Crippen molar-refractivity contribution in [2.75, 3.05) is 0 Å². The molecule has 11 aromatic rings. The quantitative estimate of drug-likeness (QED) is 0.101. The van der Waals surface area contributed by atoms with Crippen LogP contribution in [0.25, 0.3) is 71.6 Å².